The third-order valence-corrected chi connectivity index (χ3v) is 10.4. The number of carboxylic acid groups (broad SMARTS) is 1. The molecular formula is C30H30F4N2O7S. The molecule has 0 saturated heterocycles. The van der Waals surface area contributed by atoms with Gasteiger partial charge < -0.3 is 20.5 Å². The molecule has 0 heterocycles. The van der Waals surface area contributed by atoms with Crippen LogP contribution in [0.2, 0.25) is 0 Å². The number of rotatable bonds is 8. The van der Waals surface area contributed by atoms with Gasteiger partial charge in [-0.15, -0.1) is 0 Å². The van der Waals surface area contributed by atoms with Crippen LogP contribution in [0.1, 0.15) is 54.4 Å². The fourth-order valence-electron chi connectivity index (χ4n) is 6.66. The predicted octanol–water partition coefficient (Wildman–Crippen LogP) is 5.18. The molecule has 5 atom stereocenters. The molecule has 3 aliphatic rings. The van der Waals surface area contributed by atoms with E-state index in [0.29, 0.717) is 31.3 Å². The molecule has 5 unspecified atom stereocenters. The fourth-order valence-corrected chi connectivity index (χ4v) is 7.46. The lowest BCUT2D eigenvalue weighted by molar-refractivity contribution is -0.141. The van der Waals surface area contributed by atoms with Crippen molar-refractivity contribution < 1.29 is 50.2 Å². The van der Waals surface area contributed by atoms with E-state index in [1.807, 2.05) is 0 Å². The van der Waals surface area contributed by atoms with Gasteiger partial charge >= 0.3 is 11.5 Å². The van der Waals surface area contributed by atoms with Crippen LogP contribution in [0.5, 0.6) is 5.75 Å². The van der Waals surface area contributed by atoms with Gasteiger partial charge in [0.2, 0.25) is 5.91 Å². The molecule has 2 amide bonds. The highest BCUT2D eigenvalue weighted by molar-refractivity contribution is 7.92. The molecule has 0 aliphatic heterocycles. The predicted molar refractivity (Wildman–Crippen MR) is 150 cm³/mol. The van der Waals surface area contributed by atoms with Crippen molar-refractivity contribution in [2.45, 2.75) is 55.0 Å². The van der Waals surface area contributed by atoms with Gasteiger partial charge in [0.15, 0.2) is 0 Å². The van der Waals surface area contributed by atoms with E-state index in [1.54, 1.807) is 6.08 Å². The molecule has 14 heteroatoms. The zero-order valence-electron chi connectivity index (χ0n) is 23.5. The second kappa shape index (κ2) is 11.9. The smallest absolute Gasteiger partial charge is 0.496 e. The first-order valence-corrected chi connectivity index (χ1v) is 15.5. The number of nitrogens with one attached hydrogen (secondary N) is 2. The minimum atomic E-state index is -5.62. The number of hydrogen-bond donors (Lipinski definition) is 3. The van der Waals surface area contributed by atoms with Crippen molar-refractivity contribution in [2.24, 2.45) is 23.7 Å². The molecule has 0 aromatic heterocycles. The van der Waals surface area contributed by atoms with Gasteiger partial charge in [0.25, 0.3) is 15.7 Å². The standard InChI is InChI=1S/C30H30F4N2O7S/c1-43-24-14-23(31)21(15-5-7-16(8-6-15)29(39)40)13-22(24)27(37)36-26-18-10-9-17(11-18)25(26)28(38)35-19-3-2-4-20(12-19)44(41,42)30(32,33)34/h2-5,12-14,16-18,25-26H,6-11H2,1H3,(H,35,38)(H,36,37)(H,39,40). The maximum atomic E-state index is 15.1. The lowest BCUT2D eigenvalue weighted by atomic mass is 9.83. The summed E-state index contributed by atoms with van der Waals surface area (Å²) in [5.41, 5.74) is -4.90. The summed E-state index contributed by atoms with van der Waals surface area (Å²) >= 11 is 0. The van der Waals surface area contributed by atoms with Crippen LogP contribution in [-0.4, -0.2) is 50.0 Å². The largest absolute Gasteiger partial charge is 0.501 e. The van der Waals surface area contributed by atoms with Gasteiger partial charge in [-0.1, -0.05) is 12.1 Å². The molecule has 2 aromatic carbocycles. The van der Waals surface area contributed by atoms with Crippen molar-refractivity contribution in [2.75, 3.05) is 12.4 Å². The Morgan fingerprint density at radius 2 is 1.77 bits per heavy atom. The zero-order valence-corrected chi connectivity index (χ0v) is 24.3. The van der Waals surface area contributed by atoms with Crippen molar-refractivity contribution >= 4 is 38.9 Å². The van der Waals surface area contributed by atoms with Gasteiger partial charge in [-0.2, -0.15) is 13.2 Å². The van der Waals surface area contributed by atoms with E-state index >= 15 is 4.39 Å². The Labute approximate surface area is 250 Å². The highest BCUT2D eigenvalue weighted by Crippen LogP contribution is 2.49. The van der Waals surface area contributed by atoms with E-state index < -0.39 is 61.7 Å². The molecule has 3 aliphatic carbocycles. The van der Waals surface area contributed by atoms with E-state index in [-0.39, 0.29) is 40.8 Å². The first kappa shape index (κ1) is 31.5. The zero-order chi connectivity index (χ0) is 32.0. The number of carbonyl (C=O) groups is 3. The Morgan fingerprint density at radius 3 is 2.41 bits per heavy atom. The van der Waals surface area contributed by atoms with Crippen molar-refractivity contribution in [1.82, 2.24) is 5.32 Å². The Balaban J connectivity index is 1.37. The van der Waals surface area contributed by atoms with Gasteiger partial charge in [-0.3, -0.25) is 14.4 Å². The van der Waals surface area contributed by atoms with Crippen LogP contribution in [0.3, 0.4) is 0 Å². The summed E-state index contributed by atoms with van der Waals surface area (Å²) in [6.07, 6.45) is 4.58. The molecule has 2 aromatic rings. The number of amides is 2. The van der Waals surface area contributed by atoms with E-state index in [9.17, 15) is 41.1 Å². The highest BCUT2D eigenvalue weighted by Gasteiger charge is 2.52. The lowest BCUT2D eigenvalue weighted by Gasteiger charge is -2.31. The van der Waals surface area contributed by atoms with E-state index in [4.69, 9.17) is 4.74 Å². The molecule has 9 nitrogen and oxygen atoms in total. The number of aliphatic carboxylic acids is 1. The van der Waals surface area contributed by atoms with Crippen molar-refractivity contribution in [3.05, 3.63) is 59.4 Å². The van der Waals surface area contributed by atoms with Crippen LogP contribution in [0.15, 0.2) is 47.4 Å². The number of fused-ring (bicyclic) bond motifs is 2. The number of allylic oxidation sites excluding steroid dienone is 2. The number of ether oxygens (including phenoxy) is 1. The molecule has 5 rings (SSSR count). The molecule has 2 bridgehead atoms. The summed E-state index contributed by atoms with van der Waals surface area (Å²) in [6.45, 7) is 0. The fraction of sp³-hybridized carbons (Fsp3) is 0.433. The molecule has 44 heavy (non-hydrogen) atoms. The third kappa shape index (κ3) is 5.91. The van der Waals surface area contributed by atoms with Crippen LogP contribution in [0, 0.1) is 29.5 Å². The number of hydrogen-bond acceptors (Lipinski definition) is 6. The highest BCUT2D eigenvalue weighted by atomic mass is 32.2. The second-order valence-electron chi connectivity index (χ2n) is 11.4. The summed E-state index contributed by atoms with van der Waals surface area (Å²) in [5, 5.41) is 14.7. The summed E-state index contributed by atoms with van der Waals surface area (Å²) in [4.78, 5) is 37.3. The minimum Gasteiger partial charge on any atom is -0.496 e. The van der Waals surface area contributed by atoms with Crippen LogP contribution < -0.4 is 15.4 Å². The van der Waals surface area contributed by atoms with Gasteiger partial charge in [0, 0.05) is 23.4 Å². The van der Waals surface area contributed by atoms with E-state index in [2.05, 4.69) is 10.6 Å². The molecule has 236 valence electrons. The Morgan fingerprint density at radius 1 is 1.05 bits per heavy atom. The van der Waals surface area contributed by atoms with Crippen molar-refractivity contribution in [3.8, 4) is 5.75 Å². The number of methoxy groups -OCH3 is 1. The van der Waals surface area contributed by atoms with Gasteiger partial charge in [-0.05, 0) is 80.2 Å². The lowest BCUT2D eigenvalue weighted by Crippen LogP contribution is -2.48. The Hall–Kier alpha value is -3.94. The molecule has 3 N–H and O–H groups in total. The second-order valence-corrected chi connectivity index (χ2v) is 13.3. The number of benzene rings is 2. The van der Waals surface area contributed by atoms with Crippen LogP contribution in [0.4, 0.5) is 23.2 Å². The number of anilines is 1. The quantitative estimate of drug-likeness (QED) is 0.339. The Kier molecular flexibility index (Phi) is 8.49. The SMILES string of the molecule is COc1cc(F)c(C2=CCC(C(=O)O)CC2)cc1C(=O)NC1C2CCC(C2)C1C(=O)Nc1cccc(S(=O)(=O)C(F)(F)F)c1. The average molecular weight is 639 g/mol. The molecular weight excluding hydrogens is 608 g/mol. The summed E-state index contributed by atoms with van der Waals surface area (Å²) in [7, 11) is -4.34. The minimum absolute atomic E-state index is 0.0251. The van der Waals surface area contributed by atoms with Gasteiger partial charge in [-0.25, -0.2) is 12.8 Å². The normalized spacial score (nSPS) is 24.8. The molecule has 0 radical (unpaired) electrons. The number of alkyl halides is 3. The van der Waals surface area contributed by atoms with E-state index in [0.717, 1.165) is 30.7 Å². The molecule has 0 spiro atoms. The van der Waals surface area contributed by atoms with Crippen LogP contribution in [0.25, 0.3) is 5.57 Å². The van der Waals surface area contributed by atoms with E-state index in [1.165, 1.54) is 19.2 Å². The monoisotopic (exact) mass is 638 g/mol. The number of carboxylic acids is 1. The molecule has 2 saturated carbocycles. The average Bonchev–Trinajstić information content (AvgIpc) is 3.58. The number of carbonyl (C=O) groups excluding carboxylic acids is 2. The Bertz CT molecular complexity index is 1640. The van der Waals surface area contributed by atoms with Crippen LogP contribution in [-0.2, 0) is 19.4 Å². The first-order valence-electron chi connectivity index (χ1n) is 14.0. The number of sulfone groups is 1. The van der Waals surface area contributed by atoms with Gasteiger partial charge in [0.05, 0.1) is 29.4 Å². The summed E-state index contributed by atoms with van der Waals surface area (Å²) in [5.74, 6) is -4.28. The molecule has 2 fully saturated rings. The topological polar surface area (TPSA) is 139 Å². The van der Waals surface area contributed by atoms with Crippen molar-refractivity contribution in [1.29, 1.82) is 0 Å². The van der Waals surface area contributed by atoms with Gasteiger partial charge in [0.1, 0.15) is 11.6 Å². The summed E-state index contributed by atoms with van der Waals surface area (Å²) in [6, 6.07) is 5.69. The third-order valence-electron chi connectivity index (χ3n) is 8.87. The maximum Gasteiger partial charge on any atom is 0.501 e. The van der Waals surface area contributed by atoms with Crippen LogP contribution >= 0.6 is 0 Å². The summed E-state index contributed by atoms with van der Waals surface area (Å²) < 4.78 is 83.2. The first-order chi connectivity index (χ1) is 20.7. The number of halogens is 4. The maximum absolute atomic E-state index is 15.1. The van der Waals surface area contributed by atoms with Crippen molar-refractivity contribution in [3.63, 3.8) is 0 Å².